The van der Waals surface area contributed by atoms with Crippen molar-refractivity contribution in [1.82, 2.24) is 4.98 Å². The number of nitro benzene ring substituents is 1. The van der Waals surface area contributed by atoms with Gasteiger partial charge in [0.05, 0.1) is 22.0 Å². The number of carbonyl (C=O) groups is 1. The van der Waals surface area contributed by atoms with Crippen LogP contribution in [-0.4, -0.2) is 29.0 Å². The number of non-ortho nitro benzene ring substituents is 1. The van der Waals surface area contributed by atoms with Crippen molar-refractivity contribution in [2.45, 2.75) is 19.5 Å². The zero-order chi connectivity index (χ0) is 20.9. The lowest BCUT2D eigenvalue weighted by molar-refractivity contribution is -0.929. The maximum absolute atomic E-state index is 12.2. The van der Waals surface area contributed by atoms with Crippen molar-refractivity contribution in [2.24, 2.45) is 0 Å². The molecule has 3 aromatic rings. The van der Waals surface area contributed by atoms with Crippen LogP contribution in [0.3, 0.4) is 0 Å². The van der Waals surface area contributed by atoms with E-state index >= 15 is 0 Å². The molecule has 154 valence electrons. The highest BCUT2D eigenvalue weighted by Crippen LogP contribution is 2.24. The maximum Gasteiger partial charge on any atom is 0.269 e. The number of hydrogen-bond acceptors (Lipinski definition) is 6. The molecule has 0 saturated carbocycles. The van der Waals surface area contributed by atoms with E-state index in [9.17, 15) is 14.9 Å². The number of thiazole rings is 1. The Morgan fingerprint density at radius 1 is 1.20 bits per heavy atom. The van der Waals surface area contributed by atoms with E-state index in [1.807, 2.05) is 6.07 Å². The Morgan fingerprint density at radius 2 is 1.97 bits per heavy atom. The number of nitro groups is 1. The molecular weight excluding hydrogens is 404 g/mol. The van der Waals surface area contributed by atoms with Crippen LogP contribution in [0.1, 0.15) is 16.1 Å². The van der Waals surface area contributed by atoms with Crippen LogP contribution in [0, 0.1) is 10.1 Å². The van der Waals surface area contributed by atoms with E-state index in [-0.39, 0.29) is 18.2 Å². The highest BCUT2D eigenvalue weighted by atomic mass is 32.1. The number of fused-ring (bicyclic) bond motifs is 1. The summed E-state index contributed by atoms with van der Waals surface area (Å²) in [6, 6.07) is 16.0. The number of hydrogen-bond donors (Lipinski definition) is 2. The number of ether oxygens (including phenoxy) is 1. The number of nitrogens with zero attached hydrogens (tertiary/aromatic N) is 2. The smallest absolute Gasteiger partial charge is 0.269 e. The third kappa shape index (κ3) is 5.00. The molecule has 1 atom stereocenters. The van der Waals surface area contributed by atoms with Gasteiger partial charge in [0.1, 0.15) is 18.8 Å². The fraction of sp³-hybridized carbons (Fsp3) is 0.238. The number of aromatic nitrogens is 1. The van der Waals surface area contributed by atoms with Crippen LogP contribution in [0.4, 0.5) is 10.8 Å². The van der Waals surface area contributed by atoms with Gasteiger partial charge in [-0.1, -0.05) is 41.7 Å². The summed E-state index contributed by atoms with van der Waals surface area (Å²) in [4.78, 5) is 29.6. The van der Waals surface area contributed by atoms with E-state index in [0.717, 1.165) is 31.7 Å². The number of rotatable bonds is 7. The first-order valence-corrected chi connectivity index (χ1v) is 10.4. The normalized spacial score (nSPS) is 15.3. The monoisotopic (exact) mass is 425 g/mol. The molecule has 9 heteroatoms. The Bertz CT molecular complexity index is 1040. The summed E-state index contributed by atoms with van der Waals surface area (Å²) in [5.41, 5.74) is 2.35. The number of anilines is 1. The molecule has 1 aliphatic rings. The zero-order valence-electron chi connectivity index (χ0n) is 16.2. The van der Waals surface area contributed by atoms with Gasteiger partial charge in [0, 0.05) is 24.1 Å². The third-order valence-electron chi connectivity index (χ3n) is 4.86. The van der Waals surface area contributed by atoms with Crippen molar-refractivity contribution in [3.8, 4) is 5.75 Å². The van der Waals surface area contributed by atoms with Crippen molar-refractivity contribution >= 4 is 28.1 Å². The second kappa shape index (κ2) is 9.02. The van der Waals surface area contributed by atoms with Crippen molar-refractivity contribution in [3.05, 3.63) is 80.8 Å². The van der Waals surface area contributed by atoms with Crippen molar-refractivity contribution in [2.75, 3.05) is 18.5 Å². The molecule has 1 aromatic heterocycles. The molecule has 2 aromatic carbocycles. The van der Waals surface area contributed by atoms with Gasteiger partial charge >= 0.3 is 0 Å². The van der Waals surface area contributed by atoms with E-state index < -0.39 is 4.92 Å². The second-order valence-electron chi connectivity index (χ2n) is 7.07. The van der Waals surface area contributed by atoms with Crippen molar-refractivity contribution in [1.29, 1.82) is 0 Å². The van der Waals surface area contributed by atoms with Gasteiger partial charge in [0.2, 0.25) is 0 Å². The molecule has 2 N–H and O–H groups in total. The lowest BCUT2D eigenvalue weighted by Gasteiger charge is -2.22. The predicted molar refractivity (Wildman–Crippen MR) is 113 cm³/mol. The Balaban J connectivity index is 1.29. The van der Waals surface area contributed by atoms with Gasteiger partial charge in [-0.3, -0.25) is 20.2 Å². The standard InChI is InChI=1S/C21H20N4O4S/c26-20(14-29-17-8-6-16(7-9-17)25(27)28)23-21-22-18-10-11-24(13-19(18)30-21)12-15-4-2-1-3-5-15/h1-9H,10-14H2,(H,22,23,26)/p+1. The molecule has 0 bridgehead atoms. The lowest BCUT2D eigenvalue weighted by atomic mass is 10.1. The van der Waals surface area contributed by atoms with Crippen molar-refractivity contribution in [3.63, 3.8) is 0 Å². The third-order valence-corrected chi connectivity index (χ3v) is 5.88. The van der Waals surface area contributed by atoms with E-state index in [2.05, 4.69) is 34.6 Å². The average molecular weight is 425 g/mol. The van der Waals surface area contributed by atoms with E-state index in [4.69, 9.17) is 4.74 Å². The summed E-state index contributed by atoms with van der Waals surface area (Å²) in [6.45, 7) is 2.70. The molecule has 30 heavy (non-hydrogen) atoms. The summed E-state index contributed by atoms with van der Waals surface area (Å²) >= 11 is 1.51. The maximum atomic E-state index is 12.2. The quantitative estimate of drug-likeness (QED) is 0.447. The molecule has 2 heterocycles. The van der Waals surface area contributed by atoms with Gasteiger partial charge in [-0.05, 0) is 12.1 Å². The van der Waals surface area contributed by atoms with Gasteiger partial charge < -0.3 is 9.64 Å². The summed E-state index contributed by atoms with van der Waals surface area (Å²) in [5.74, 6) is 0.0854. The summed E-state index contributed by atoms with van der Waals surface area (Å²) in [5, 5.41) is 14.0. The number of carbonyl (C=O) groups excluding carboxylic acids is 1. The number of benzene rings is 2. The van der Waals surface area contributed by atoms with Crippen LogP contribution in [0.25, 0.3) is 0 Å². The van der Waals surface area contributed by atoms with Crippen LogP contribution >= 0.6 is 11.3 Å². The predicted octanol–water partition coefficient (Wildman–Crippen LogP) is 2.21. The molecule has 0 saturated heterocycles. The molecule has 1 aliphatic heterocycles. The molecule has 4 rings (SSSR count). The topological polar surface area (TPSA) is 98.8 Å². The minimum absolute atomic E-state index is 0.0244. The van der Waals surface area contributed by atoms with E-state index in [0.29, 0.717) is 10.9 Å². The van der Waals surface area contributed by atoms with E-state index in [1.54, 1.807) is 0 Å². The minimum Gasteiger partial charge on any atom is -0.484 e. The molecule has 0 spiro atoms. The Kier molecular flexibility index (Phi) is 6.01. The largest absolute Gasteiger partial charge is 0.484 e. The molecule has 1 unspecified atom stereocenters. The Morgan fingerprint density at radius 3 is 2.70 bits per heavy atom. The fourth-order valence-corrected chi connectivity index (χ4v) is 4.48. The lowest BCUT2D eigenvalue weighted by Crippen LogP contribution is -3.10. The van der Waals surface area contributed by atoms with Crippen LogP contribution in [0.2, 0.25) is 0 Å². The van der Waals surface area contributed by atoms with Gasteiger partial charge in [0.25, 0.3) is 11.6 Å². The molecular formula is C21H21N4O4S+. The molecule has 1 amide bonds. The summed E-state index contributed by atoms with van der Waals surface area (Å²) in [7, 11) is 0. The molecule has 0 aliphatic carbocycles. The first-order chi connectivity index (χ1) is 14.6. The van der Waals surface area contributed by atoms with Crippen LogP contribution in [0.5, 0.6) is 5.75 Å². The van der Waals surface area contributed by atoms with Crippen LogP contribution in [0.15, 0.2) is 54.6 Å². The highest BCUT2D eigenvalue weighted by molar-refractivity contribution is 7.15. The van der Waals surface area contributed by atoms with E-state index in [1.165, 1.54) is 50.9 Å². The average Bonchev–Trinajstić information content (AvgIpc) is 3.14. The number of quaternary nitrogens is 1. The molecule has 0 fully saturated rings. The first kappa shape index (κ1) is 20.0. The fourth-order valence-electron chi connectivity index (χ4n) is 3.38. The SMILES string of the molecule is O=C(COc1ccc([N+](=O)[O-])cc1)Nc1nc2c(s1)C[NH+](Cc1ccccc1)CC2. The Labute approximate surface area is 177 Å². The van der Waals surface area contributed by atoms with Gasteiger partial charge in [0.15, 0.2) is 11.7 Å². The minimum atomic E-state index is -0.483. The summed E-state index contributed by atoms with van der Waals surface area (Å²) < 4.78 is 5.40. The summed E-state index contributed by atoms with van der Waals surface area (Å²) in [6.07, 6.45) is 0.892. The number of amides is 1. The Hall–Kier alpha value is -3.30. The highest BCUT2D eigenvalue weighted by Gasteiger charge is 2.24. The molecule has 0 radical (unpaired) electrons. The molecule has 8 nitrogen and oxygen atoms in total. The van der Waals surface area contributed by atoms with Crippen LogP contribution in [-0.2, 0) is 24.3 Å². The van der Waals surface area contributed by atoms with Gasteiger partial charge in [-0.2, -0.15) is 0 Å². The van der Waals surface area contributed by atoms with Crippen LogP contribution < -0.4 is 15.0 Å². The van der Waals surface area contributed by atoms with Gasteiger partial charge in [-0.15, -0.1) is 0 Å². The van der Waals surface area contributed by atoms with Crippen molar-refractivity contribution < 1.29 is 19.4 Å². The first-order valence-electron chi connectivity index (χ1n) is 9.60. The number of nitrogens with one attached hydrogen (secondary N) is 2. The second-order valence-corrected chi connectivity index (χ2v) is 8.15. The van der Waals surface area contributed by atoms with Gasteiger partial charge in [-0.25, -0.2) is 4.98 Å². The zero-order valence-corrected chi connectivity index (χ0v) is 17.0.